The highest BCUT2D eigenvalue weighted by atomic mass is 19.4. The number of morpholine rings is 1. The first-order chi connectivity index (χ1) is 10.5. The lowest BCUT2D eigenvalue weighted by Crippen LogP contribution is -2.38. The van der Waals surface area contributed by atoms with E-state index in [1.165, 1.54) is 0 Å². The van der Waals surface area contributed by atoms with Crippen LogP contribution in [0.2, 0.25) is 0 Å². The molecule has 5 nitrogen and oxygen atoms in total. The van der Waals surface area contributed by atoms with E-state index in [9.17, 15) is 18.0 Å². The number of amides is 1. The van der Waals surface area contributed by atoms with Crippen LogP contribution in [0.15, 0.2) is 18.3 Å². The van der Waals surface area contributed by atoms with Gasteiger partial charge >= 0.3 is 6.18 Å². The van der Waals surface area contributed by atoms with Gasteiger partial charge < -0.3 is 15.0 Å². The summed E-state index contributed by atoms with van der Waals surface area (Å²) in [4.78, 5) is 18.3. The number of alkyl halides is 3. The Kier molecular flexibility index (Phi) is 5.59. The molecule has 0 aliphatic carbocycles. The van der Waals surface area contributed by atoms with Crippen LogP contribution in [-0.2, 0) is 4.74 Å². The molecule has 1 aromatic heterocycles. The summed E-state index contributed by atoms with van der Waals surface area (Å²) in [6.45, 7) is 2.36. The number of pyridine rings is 1. The minimum atomic E-state index is -4.20. The van der Waals surface area contributed by atoms with Gasteiger partial charge in [-0.15, -0.1) is 0 Å². The monoisotopic (exact) mass is 317 g/mol. The average Bonchev–Trinajstić information content (AvgIpc) is 2.51. The third-order valence-corrected chi connectivity index (χ3v) is 3.26. The molecule has 0 aromatic carbocycles. The molecule has 8 heteroatoms. The quantitative estimate of drug-likeness (QED) is 0.844. The third-order valence-electron chi connectivity index (χ3n) is 3.26. The molecule has 1 aliphatic rings. The number of carbonyl (C=O) groups is 1. The maximum atomic E-state index is 12.1. The molecule has 0 radical (unpaired) electrons. The molecule has 0 atom stereocenters. The van der Waals surface area contributed by atoms with Crippen LogP contribution in [-0.4, -0.2) is 49.9 Å². The van der Waals surface area contributed by atoms with Gasteiger partial charge in [0.15, 0.2) is 0 Å². The summed E-state index contributed by atoms with van der Waals surface area (Å²) in [7, 11) is 0. The lowest BCUT2D eigenvalue weighted by Gasteiger charge is -2.29. The van der Waals surface area contributed by atoms with E-state index >= 15 is 0 Å². The maximum Gasteiger partial charge on any atom is 0.389 e. The minimum Gasteiger partial charge on any atom is -0.378 e. The van der Waals surface area contributed by atoms with Gasteiger partial charge in [-0.3, -0.25) is 4.79 Å². The molecule has 122 valence electrons. The zero-order chi connectivity index (χ0) is 16.0. The van der Waals surface area contributed by atoms with Gasteiger partial charge in [-0.2, -0.15) is 13.2 Å². The molecule has 1 N–H and O–H groups in total. The van der Waals surface area contributed by atoms with E-state index in [2.05, 4.69) is 10.3 Å². The van der Waals surface area contributed by atoms with Crippen molar-refractivity contribution in [3.05, 3.63) is 23.9 Å². The molecular formula is C14H18F3N3O2. The van der Waals surface area contributed by atoms with Crippen molar-refractivity contribution in [2.24, 2.45) is 0 Å². The predicted octanol–water partition coefficient (Wildman–Crippen LogP) is 1.99. The smallest absolute Gasteiger partial charge is 0.378 e. The molecule has 0 saturated carbocycles. The fourth-order valence-corrected chi connectivity index (χ4v) is 2.19. The molecule has 0 spiro atoms. The molecule has 1 aliphatic heterocycles. The van der Waals surface area contributed by atoms with Crippen molar-refractivity contribution < 1.29 is 22.7 Å². The number of carbonyl (C=O) groups excluding carboxylic acids is 1. The first-order valence-corrected chi connectivity index (χ1v) is 7.10. The van der Waals surface area contributed by atoms with Crippen molar-refractivity contribution >= 4 is 11.7 Å². The van der Waals surface area contributed by atoms with Crippen LogP contribution >= 0.6 is 0 Å². The topological polar surface area (TPSA) is 54.5 Å². The fraction of sp³-hybridized carbons (Fsp3) is 0.571. The molecule has 0 unspecified atom stereocenters. The summed E-state index contributed by atoms with van der Waals surface area (Å²) in [5.41, 5.74) is 0.372. The highest BCUT2D eigenvalue weighted by molar-refractivity contribution is 5.98. The lowest BCUT2D eigenvalue weighted by molar-refractivity contribution is -0.135. The second-order valence-electron chi connectivity index (χ2n) is 4.95. The van der Waals surface area contributed by atoms with Gasteiger partial charge in [-0.05, 0) is 18.6 Å². The highest BCUT2D eigenvalue weighted by Crippen LogP contribution is 2.21. The summed E-state index contributed by atoms with van der Waals surface area (Å²) in [6.07, 6.45) is -3.65. The SMILES string of the molecule is O=C(NCCCC(F)(F)F)c1cccnc1N1CCOCC1. The van der Waals surface area contributed by atoms with Crippen LogP contribution < -0.4 is 10.2 Å². The molecule has 1 aromatic rings. The van der Waals surface area contributed by atoms with E-state index in [1.807, 2.05) is 4.90 Å². The summed E-state index contributed by atoms with van der Waals surface area (Å²) in [6, 6.07) is 3.26. The number of halogens is 3. The Labute approximate surface area is 126 Å². The van der Waals surface area contributed by atoms with E-state index in [0.29, 0.717) is 37.7 Å². The van der Waals surface area contributed by atoms with Crippen LogP contribution in [0.5, 0.6) is 0 Å². The predicted molar refractivity (Wildman–Crippen MR) is 74.9 cm³/mol. The summed E-state index contributed by atoms with van der Waals surface area (Å²) in [5, 5.41) is 2.51. The standard InChI is InChI=1S/C14H18F3N3O2/c15-14(16,17)4-2-6-19-13(21)11-3-1-5-18-12(11)20-7-9-22-10-8-20/h1,3,5H,2,4,6-10H2,(H,19,21). The Hall–Kier alpha value is -1.83. The Bertz CT molecular complexity index is 502. The van der Waals surface area contributed by atoms with E-state index in [0.717, 1.165) is 0 Å². The van der Waals surface area contributed by atoms with Gasteiger partial charge in [0.05, 0.1) is 18.8 Å². The van der Waals surface area contributed by atoms with Gasteiger partial charge in [0.2, 0.25) is 0 Å². The molecular weight excluding hydrogens is 299 g/mol. The normalized spacial score (nSPS) is 15.7. The second-order valence-corrected chi connectivity index (χ2v) is 4.95. The van der Waals surface area contributed by atoms with Crippen LogP contribution in [0, 0.1) is 0 Å². The Morgan fingerprint density at radius 3 is 2.77 bits per heavy atom. The molecule has 2 rings (SSSR count). The number of anilines is 1. The van der Waals surface area contributed by atoms with Crippen LogP contribution in [0.3, 0.4) is 0 Å². The van der Waals surface area contributed by atoms with E-state index < -0.39 is 18.5 Å². The molecule has 0 bridgehead atoms. The van der Waals surface area contributed by atoms with E-state index in [4.69, 9.17) is 4.74 Å². The van der Waals surface area contributed by atoms with Gasteiger partial charge in [-0.25, -0.2) is 4.98 Å². The zero-order valence-corrected chi connectivity index (χ0v) is 12.0. The molecule has 2 heterocycles. The molecule has 1 saturated heterocycles. The van der Waals surface area contributed by atoms with Crippen molar-refractivity contribution in [2.45, 2.75) is 19.0 Å². The summed E-state index contributed by atoms with van der Waals surface area (Å²) in [5.74, 6) is 0.135. The Morgan fingerprint density at radius 2 is 2.09 bits per heavy atom. The Balaban J connectivity index is 1.94. The Morgan fingerprint density at radius 1 is 1.36 bits per heavy atom. The van der Waals surface area contributed by atoms with Crippen molar-refractivity contribution in [2.75, 3.05) is 37.7 Å². The summed E-state index contributed by atoms with van der Waals surface area (Å²) < 4.78 is 41.5. The minimum absolute atomic E-state index is 0.0181. The van der Waals surface area contributed by atoms with Gasteiger partial charge in [0.25, 0.3) is 5.91 Å². The fourth-order valence-electron chi connectivity index (χ4n) is 2.19. The van der Waals surface area contributed by atoms with Crippen molar-refractivity contribution in [1.82, 2.24) is 10.3 Å². The highest BCUT2D eigenvalue weighted by Gasteiger charge is 2.26. The number of nitrogens with zero attached hydrogens (tertiary/aromatic N) is 2. The van der Waals surface area contributed by atoms with Crippen molar-refractivity contribution in [3.8, 4) is 0 Å². The average molecular weight is 317 g/mol. The van der Waals surface area contributed by atoms with Crippen LogP contribution in [0.25, 0.3) is 0 Å². The van der Waals surface area contributed by atoms with Gasteiger partial charge in [-0.1, -0.05) is 0 Å². The first-order valence-electron chi connectivity index (χ1n) is 7.10. The summed E-state index contributed by atoms with van der Waals surface area (Å²) >= 11 is 0. The second kappa shape index (κ2) is 7.44. The third kappa shape index (κ3) is 4.87. The largest absolute Gasteiger partial charge is 0.389 e. The van der Waals surface area contributed by atoms with E-state index in [-0.39, 0.29) is 13.0 Å². The van der Waals surface area contributed by atoms with E-state index in [1.54, 1.807) is 18.3 Å². The van der Waals surface area contributed by atoms with Crippen LogP contribution in [0.1, 0.15) is 23.2 Å². The molecule has 22 heavy (non-hydrogen) atoms. The number of hydrogen-bond acceptors (Lipinski definition) is 4. The van der Waals surface area contributed by atoms with Crippen LogP contribution in [0.4, 0.5) is 19.0 Å². The maximum absolute atomic E-state index is 12.1. The van der Waals surface area contributed by atoms with Gasteiger partial charge in [0, 0.05) is 32.3 Å². The molecule has 1 amide bonds. The first kappa shape index (κ1) is 16.5. The van der Waals surface area contributed by atoms with Gasteiger partial charge in [0.1, 0.15) is 5.82 Å². The number of nitrogens with one attached hydrogen (secondary N) is 1. The van der Waals surface area contributed by atoms with Crippen molar-refractivity contribution in [3.63, 3.8) is 0 Å². The number of ether oxygens (including phenoxy) is 1. The number of hydrogen-bond donors (Lipinski definition) is 1. The van der Waals surface area contributed by atoms with Crippen molar-refractivity contribution in [1.29, 1.82) is 0 Å². The lowest BCUT2D eigenvalue weighted by atomic mass is 10.2. The molecule has 1 fully saturated rings. The number of aromatic nitrogens is 1. The zero-order valence-electron chi connectivity index (χ0n) is 12.0. The number of rotatable bonds is 5.